The fourth-order valence-corrected chi connectivity index (χ4v) is 4.64. The highest BCUT2D eigenvalue weighted by atomic mass is 32.2. The first-order valence-electron chi connectivity index (χ1n) is 10.2. The van der Waals surface area contributed by atoms with Crippen molar-refractivity contribution < 1.29 is 39.6 Å². The Kier molecular flexibility index (Phi) is 11.1. The molecule has 31 heavy (non-hydrogen) atoms. The molecule has 0 aliphatic carbocycles. The molecular formula is C19H33N3O8S. The number of carbonyl (C=O) groups excluding carboxylic acids is 2. The maximum atomic E-state index is 11.3. The van der Waals surface area contributed by atoms with Gasteiger partial charge in [0, 0.05) is 29.4 Å². The molecule has 178 valence electrons. The number of fused-ring (bicyclic) bond motifs is 1. The first-order chi connectivity index (χ1) is 14.5. The van der Waals surface area contributed by atoms with Gasteiger partial charge in [-0.05, 0) is 12.8 Å². The molecule has 0 saturated carbocycles. The molecule has 2 saturated heterocycles. The van der Waals surface area contributed by atoms with E-state index in [0.29, 0.717) is 5.25 Å². The Bertz CT molecular complexity index is 646. The molecule has 0 aromatic heterocycles. The first-order valence-corrected chi connectivity index (χ1v) is 11.2. The molecule has 1 unspecified atom stereocenters. The van der Waals surface area contributed by atoms with E-state index < -0.39 is 29.4 Å². The Morgan fingerprint density at radius 1 is 1.16 bits per heavy atom. The molecule has 0 bridgehead atoms. The minimum absolute atomic E-state index is 0.0350. The van der Waals surface area contributed by atoms with Crippen molar-refractivity contribution in [3.05, 3.63) is 0 Å². The molecule has 7 N–H and O–H groups in total. The van der Waals surface area contributed by atoms with E-state index in [9.17, 15) is 24.3 Å². The summed E-state index contributed by atoms with van der Waals surface area (Å²) in [5, 5.41) is 43.8. The van der Waals surface area contributed by atoms with Crippen molar-refractivity contribution in [1.82, 2.24) is 16.0 Å². The van der Waals surface area contributed by atoms with Crippen LogP contribution in [0.2, 0.25) is 0 Å². The standard InChI is InChI=1S/C10H16N2O3S.C9H17NO5/c13-8(14)4-2-1-3-7-9-6(5-16-7)11-10(15)12-9;1-9(2,5-11)7(14)8(15)10-4-3-6(12)13/h6-7,9H,1-5H2,(H,13,14)(H2,11,12,15);7,11,14H,3-5H2,1-2H3,(H,10,15)(H,12,13)/t6-,7-,9-;/m0./s1. The van der Waals surface area contributed by atoms with Gasteiger partial charge in [-0.1, -0.05) is 20.3 Å². The third-order valence-corrected chi connectivity index (χ3v) is 6.61. The molecular weight excluding hydrogens is 430 g/mol. The largest absolute Gasteiger partial charge is 0.481 e. The van der Waals surface area contributed by atoms with Crippen LogP contribution in [0.3, 0.4) is 0 Å². The summed E-state index contributed by atoms with van der Waals surface area (Å²) in [7, 11) is 0. The van der Waals surface area contributed by atoms with Gasteiger partial charge in [0.1, 0.15) is 6.10 Å². The quantitative estimate of drug-likeness (QED) is 0.160. The van der Waals surface area contributed by atoms with Crippen LogP contribution in [0.5, 0.6) is 0 Å². The third-order valence-electron chi connectivity index (χ3n) is 5.10. The summed E-state index contributed by atoms with van der Waals surface area (Å²) in [5.74, 6) is -1.46. The van der Waals surface area contributed by atoms with E-state index in [-0.39, 0.29) is 44.1 Å². The fraction of sp³-hybridized carbons (Fsp3) is 0.789. The van der Waals surface area contributed by atoms with Crippen molar-refractivity contribution in [2.45, 2.75) is 69.4 Å². The van der Waals surface area contributed by atoms with Crippen LogP contribution in [-0.2, 0) is 14.4 Å². The molecule has 2 aliphatic rings. The van der Waals surface area contributed by atoms with Crippen molar-refractivity contribution in [2.75, 3.05) is 18.9 Å². The molecule has 0 spiro atoms. The number of urea groups is 1. The van der Waals surface area contributed by atoms with Gasteiger partial charge in [0.25, 0.3) is 0 Å². The first kappa shape index (κ1) is 27.0. The number of rotatable bonds is 11. The van der Waals surface area contributed by atoms with Gasteiger partial charge in [0.15, 0.2) is 0 Å². The summed E-state index contributed by atoms with van der Waals surface area (Å²) in [6.45, 7) is 2.70. The molecule has 2 rings (SSSR count). The van der Waals surface area contributed by atoms with Crippen molar-refractivity contribution in [3.8, 4) is 0 Å². The Hall–Kier alpha value is -2.05. The lowest BCUT2D eigenvalue weighted by molar-refractivity contribution is -0.139. The number of aliphatic carboxylic acids is 2. The van der Waals surface area contributed by atoms with Gasteiger partial charge in [-0.25, -0.2) is 4.79 Å². The maximum absolute atomic E-state index is 11.3. The SMILES string of the molecule is CC(C)(CO)C(O)C(=O)NCCC(=O)O.O=C(O)CCCC[C@@H]1SC[C@@H]2NC(=O)N[C@@H]21. The number of aliphatic hydroxyl groups is 2. The summed E-state index contributed by atoms with van der Waals surface area (Å²) in [6, 6.07) is 0.440. The van der Waals surface area contributed by atoms with Crippen molar-refractivity contribution in [1.29, 1.82) is 0 Å². The normalized spacial score (nSPS) is 23.0. The molecule has 2 heterocycles. The topological polar surface area (TPSA) is 185 Å². The number of carboxylic acids is 2. The number of hydrogen-bond donors (Lipinski definition) is 7. The average Bonchev–Trinajstić information content (AvgIpc) is 3.24. The zero-order chi connectivity index (χ0) is 23.6. The zero-order valence-electron chi connectivity index (χ0n) is 17.8. The minimum atomic E-state index is -1.35. The molecule has 2 aliphatic heterocycles. The van der Waals surface area contributed by atoms with E-state index in [0.717, 1.165) is 25.0 Å². The number of hydrogen-bond acceptors (Lipinski definition) is 7. The Balaban J connectivity index is 0.000000311. The number of aliphatic hydroxyl groups excluding tert-OH is 2. The number of amides is 3. The van der Waals surface area contributed by atoms with Gasteiger partial charge in [-0.2, -0.15) is 11.8 Å². The molecule has 11 nitrogen and oxygen atoms in total. The number of carbonyl (C=O) groups is 4. The number of carboxylic acid groups (broad SMARTS) is 2. The van der Waals surface area contributed by atoms with E-state index in [1.807, 2.05) is 11.8 Å². The summed E-state index contributed by atoms with van der Waals surface area (Å²) < 4.78 is 0. The van der Waals surface area contributed by atoms with Gasteiger partial charge in [-0.15, -0.1) is 0 Å². The van der Waals surface area contributed by atoms with Crippen LogP contribution >= 0.6 is 11.8 Å². The van der Waals surface area contributed by atoms with E-state index in [4.69, 9.17) is 15.3 Å². The van der Waals surface area contributed by atoms with Crippen LogP contribution in [0.1, 0.15) is 46.0 Å². The predicted octanol–water partition coefficient (Wildman–Crippen LogP) is -0.246. The maximum Gasteiger partial charge on any atom is 0.315 e. The molecule has 0 radical (unpaired) electrons. The summed E-state index contributed by atoms with van der Waals surface area (Å²) >= 11 is 1.87. The Morgan fingerprint density at radius 2 is 1.81 bits per heavy atom. The lowest BCUT2D eigenvalue weighted by Crippen LogP contribution is -2.45. The summed E-state index contributed by atoms with van der Waals surface area (Å²) in [4.78, 5) is 42.9. The number of unbranched alkanes of at least 4 members (excludes halogenated alkanes) is 1. The third kappa shape index (κ3) is 9.32. The lowest BCUT2D eigenvalue weighted by atomic mass is 9.87. The zero-order valence-corrected chi connectivity index (χ0v) is 18.6. The van der Waals surface area contributed by atoms with Crippen molar-refractivity contribution in [2.24, 2.45) is 5.41 Å². The molecule has 0 aromatic rings. The van der Waals surface area contributed by atoms with Crippen LogP contribution in [-0.4, -0.2) is 86.6 Å². The van der Waals surface area contributed by atoms with E-state index in [1.54, 1.807) is 0 Å². The van der Waals surface area contributed by atoms with E-state index >= 15 is 0 Å². The molecule has 0 aromatic carbocycles. The van der Waals surface area contributed by atoms with Crippen molar-refractivity contribution in [3.63, 3.8) is 0 Å². The fourth-order valence-electron chi connectivity index (χ4n) is 3.10. The van der Waals surface area contributed by atoms with Crippen LogP contribution in [0.4, 0.5) is 4.79 Å². The smallest absolute Gasteiger partial charge is 0.315 e. The molecule has 12 heteroatoms. The van der Waals surface area contributed by atoms with Crippen molar-refractivity contribution >= 4 is 35.6 Å². The molecule has 2 fully saturated rings. The van der Waals surface area contributed by atoms with E-state index in [2.05, 4.69) is 16.0 Å². The highest BCUT2D eigenvalue weighted by Gasteiger charge is 2.42. The van der Waals surface area contributed by atoms with Gasteiger partial charge in [0.05, 0.1) is 25.1 Å². The predicted molar refractivity (Wildman–Crippen MR) is 114 cm³/mol. The van der Waals surface area contributed by atoms with Crippen LogP contribution < -0.4 is 16.0 Å². The Labute approximate surface area is 185 Å². The number of nitrogens with one attached hydrogen (secondary N) is 3. The van der Waals surface area contributed by atoms with Crippen LogP contribution in [0.25, 0.3) is 0 Å². The monoisotopic (exact) mass is 463 g/mol. The second-order valence-corrected chi connectivity index (χ2v) is 9.52. The highest BCUT2D eigenvalue weighted by molar-refractivity contribution is 8.00. The summed E-state index contributed by atoms with van der Waals surface area (Å²) in [6.07, 6.45) is 1.33. The van der Waals surface area contributed by atoms with Crippen LogP contribution in [0.15, 0.2) is 0 Å². The average molecular weight is 464 g/mol. The van der Waals surface area contributed by atoms with E-state index in [1.165, 1.54) is 13.8 Å². The lowest BCUT2D eigenvalue weighted by Gasteiger charge is -2.26. The minimum Gasteiger partial charge on any atom is -0.481 e. The second-order valence-electron chi connectivity index (χ2n) is 8.25. The van der Waals surface area contributed by atoms with Gasteiger partial charge < -0.3 is 36.4 Å². The Morgan fingerprint density at radius 3 is 2.39 bits per heavy atom. The molecule has 3 amide bonds. The highest BCUT2D eigenvalue weighted by Crippen LogP contribution is 2.33. The van der Waals surface area contributed by atoms with Gasteiger partial charge >= 0.3 is 18.0 Å². The summed E-state index contributed by atoms with van der Waals surface area (Å²) in [5.41, 5.74) is -0.937. The van der Waals surface area contributed by atoms with Gasteiger partial charge in [-0.3, -0.25) is 14.4 Å². The molecule has 4 atom stereocenters. The van der Waals surface area contributed by atoms with Gasteiger partial charge in [0.2, 0.25) is 5.91 Å². The number of thioether (sulfide) groups is 1. The second kappa shape index (κ2) is 12.7. The van der Waals surface area contributed by atoms with Crippen LogP contribution in [0, 0.1) is 5.41 Å².